The Labute approximate surface area is 74.1 Å². The highest BCUT2D eigenvalue weighted by atomic mass is 19.4. The van der Waals surface area contributed by atoms with Crippen molar-refractivity contribution < 1.29 is 22.7 Å². The van der Waals surface area contributed by atoms with Crippen molar-refractivity contribution in [3.05, 3.63) is 0 Å². The fourth-order valence-corrected chi connectivity index (χ4v) is 1.36. The van der Waals surface area contributed by atoms with Crippen LogP contribution in [0.5, 0.6) is 0 Å². The molecule has 0 amide bonds. The number of halogens is 3. The minimum absolute atomic E-state index is 0.132. The minimum atomic E-state index is -4.18. The van der Waals surface area contributed by atoms with Crippen LogP contribution in [-0.4, -0.2) is 25.7 Å². The van der Waals surface area contributed by atoms with Crippen molar-refractivity contribution in [2.24, 2.45) is 5.41 Å². The van der Waals surface area contributed by atoms with E-state index in [0.717, 1.165) is 0 Å². The van der Waals surface area contributed by atoms with Gasteiger partial charge in [0.25, 0.3) is 0 Å². The molecule has 0 radical (unpaired) electrons. The Hall–Kier alpha value is -0.580. The van der Waals surface area contributed by atoms with E-state index in [9.17, 15) is 18.0 Å². The normalized spacial score (nSPS) is 29.2. The van der Waals surface area contributed by atoms with Gasteiger partial charge in [-0.15, -0.1) is 0 Å². The van der Waals surface area contributed by atoms with Gasteiger partial charge in [0.05, 0.1) is 12.0 Å². The lowest BCUT2D eigenvalue weighted by molar-refractivity contribution is -0.143. The van der Waals surface area contributed by atoms with E-state index in [1.165, 1.54) is 0 Å². The first-order chi connectivity index (χ1) is 5.97. The van der Waals surface area contributed by atoms with Crippen LogP contribution in [0.2, 0.25) is 0 Å². The summed E-state index contributed by atoms with van der Waals surface area (Å²) in [7, 11) is 0. The van der Waals surface area contributed by atoms with Crippen molar-refractivity contribution in [2.45, 2.75) is 25.4 Å². The van der Waals surface area contributed by atoms with E-state index in [0.29, 0.717) is 19.3 Å². The molecule has 0 saturated carbocycles. The topological polar surface area (TPSA) is 26.3 Å². The highest BCUT2D eigenvalue weighted by Crippen LogP contribution is 2.35. The maximum absolute atomic E-state index is 11.9. The highest BCUT2D eigenvalue weighted by molar-refractivity contribution is 5.60. The van der Waals surface area contributed by atoms with Gasteiger partial charge in [-0.3, -0.25) is 0 Å². The Bertz CT molecular complexity index is 182. The van der Waals surface area contributed by atoms with Gasteiger partial charge in [-0.1, -0.05) is 0 Å². The van der Waals surface area contributed by atoms with Gasteiger partial charge < -0.3 is 9.53 Å². The number of aldehydes is 1. The summed E-state index contributed by atoms with van der Waals surface area (Å²) in [6.45, 7) is 0.517. The second-order valence-electron chi connectivity index (χ2n) is 3.40. The average molecular weight is 196 g/mol. The van der Waals surface area contributed by atoms with Crippen LogP contribution in [0, 0.1) is 5.41 Å². The zero-order chi connectivity index (χ0) is 9.95. The molecule has 0 aliphatic carbocycles. The van der Waals surface area contributed by atoms with Gasteiger partial charge in [0, 0.05) is 13.0 Å². The summed E-state index contributed by atoms with van der Waals surface area (Å²) < 4.78 is 40.5. The molecule has 5 heteroatoms. The molecule has 2 nitrogen and oxygen atoms in total. The molecule has 1 heterocycles. The summed E-state index contributed by atoms with van der Waals surface area (Å²) >= 11 is 0. The van der Waals surface area contributed by atoms with E-state index >= 15 is 0 Å². The van der Waals surface area contributed by atoms with Crippen molar-refractivity contribution in [1.29, 1.82) is 0 Å². The quantitative estimate of drug-likeness (QED) is 0.645. The molecular weight excluding hydrogens is 185 g/mol. The summed E-state index contributed by atoms with van der Waals surface area (Å²) in [5.41, 5.74) is -0.879. The Kier molecular flexibility index (Phi) is 2.95. The summed E-state index contributed by atoms with van der Waals surface area (Å²) in [4.78, 5) is 10.6. The van der Waals surface area contributed by atoms with Crippen LogP contribution in [0.15, 0.2) is 0 Å². The average Bonchev–Trinajstić information content (AvgIpc) is 2.49. The van der Waals surface area contributed by atoms with E-state index in [2.05, 4.69) is 0 Å². The van der Waals surface area contributed by atoms with Crippen LogP contribution in [0.3, 0.4) is 0 Å². The molecule has 1 atom stereocenters. The van der Waals surface area contributed by atoms with Crippen LogP contribution in [0.4, 0.5) is 13.2 Å². The molecule has 1 saturated heterocycles. The second-order valence-corrected chi connectivity index (χ2v) is 3.40. The molecule has 0 bridgehead atoms. The van der Waals surface area contributed by atoms with Crippen molar-refractivity contribution >= 4 is 6.29 Å². The molecule has 13 heavy (non-hydrogen) atoms. The fraction of sp³-hybridized carbons (Fsp3) is 0.875. The number of alkyl halides is 3. The lowest BCUT2D eigenvalue weighted by Gasteiger charge is -2.20. The second kappa shape index (κ2) is 3.65. The molecule has 0 N–H and O–H groups in total. The van der Waals surface area contributed by atoms with Crippen LogP contribution in [0.25, 0.3) is 0 Å². The van der Waals surface area contributed by atoms with Crippen LogP contribution >= 0.6 is 0 Å². The molecule has 76 valence electrons. The van der Waals surface area contributed by atoms with E-state index in [4.69, 9.17) is 4.74 Å². The number of ether oxygens (including phenoxy) is 1. The Balaban J connectivity index is 2.45. The van der Waals surface area contributed by atoms with E-state index in [1.807, 2.05) is 0 Å². The van der Waals surface area contributed by atoms with Crippen LogP contribution < -0.4 is 0 Å². The molecule has 1 fully saturated rings. The largest absolute Gasteiger partial charge is 0.389 e. The molecule has 0 spiro atoms. The first-order valence-corrected chi connectivity index (χ1v) is 4.08. The summed E-state index contributed by atoms with van der Waals surface area (Å²) in [6.07, 6.45) is -4.23. The van der Waals surface area contributed by atoms with Gasteiger partial charge in [-0.2, -0.15) is 13.2 Å². The monoisotopic (exact) mass is 196 g/mol. The smallest absolute Gasteiger partial charge is 0.380 e. The van der Waals surface area contributed by atoms with E-state index in [-0.39, 0.29) is 13.0 Å². The number of rotatable bonds is 3. The maximum atomic E-state index is 11.9. The first kappa shape index (κ1) is 10.5. The molecule has 1 aliphatic rings. The van der Waals surface area contributed by atoms with Crippen LogP contribution in [0.1, 0.15) is 19.3 Å². The third-order valence-electron chi connectivity index (χ3n) is 2.29. The molecule has 1 rings (SSSR count). The zero-order valence-electron chi connectivity index (χ0n) is 7.06. The highest BCUT2D eigenvalue weighted by Gasteiger charge is 2.39. The Morgan fingerprint density at radius 2 is 2.15 bits per heavy atom. The number of carbonyl (C=O) groups excluding carboxylic acids is 1. The van der Waals surface area contributed by atoms with Gasteiger partial charge in [0.2, 0.25) is 0 Å². The summed E-state index contributed by atoms with van der Waals surface area (Å²) in [5.74, 6) is 0. The Morgan fingerprint density at radius 1 is 1.46 bits per heavy atom. The molecule has 0 aromatic rings. The van der Waals surface area contributed by atoms with Crippen molar-refractivity contribution in [2.75, 3.05) is 13.2 Å². The predicted octanol–water partition coefficient (Wildman–Crippen LogP) is 1.93. The molecule has 1 unspecified atom stereocenters. The molecular formula is C8H11F3O2. The Morgan fingerprint density at radius 3 is 2.54 bits per heavy atom. The molecule has 0 aromatic heterocycles. The first-order valence-electron chi connectivity index (χ1n) is 4.08. The van der Waals surface area contributed by atoms with Gasteiger partial charge in [-0.25, -0.2) is 0 Å². The summed E-state index contributed by atoms with van der Waals surface area (Å²) in [6, 6.07) is 0. The SMILES string of the molecule is O=CC1(CCC(F)(F)F)CCOC1. The van der Waals surface area contributed by atoms with Gasteiger partial charge >= 0.3 is 6.18 Å². The van der Waals surface area contributed by atoms with Gasteiger partial charge in [0.1, 0.15) is 6.29 Å². The van der Waals surface area contributed by atoms with Crippen molar-refractivity contribution in [3.63, 3.8) is 0 Å². The predicted molar refractivity (Wildman–Crippen MR) is 39.2 cm³/mol. The lowest BCUT2D eigenvalue weighted by atomic mass is 9.84. The minimum Gasteiger partial charge on any atom is -0.380 e. The third-order valence-corrected chi connectivity index (χ3v) is 2.29. The fourth-order valence-electron chi connectivity index (χ4n) is 1.36. The van der Waals surface area contributed by atoms with Gasteiger partial charge in [-0.05, 0) is 12.8 Å². The molecule has 0 aromatic carbocycles. The standard InChI is InChI=1S/C8H11F3O2/c9-8(10,11)2-1-7(5-12)3-4-13-6-7/h5H,1-4,6H2. The maximum Gasteiger partial charge on any atom is 0.389 e. The van der Waals surface area contributed by atoms with E-state index < -0.39 is 18.0 Å². The molecule has 1 aliphatic heterocycles. The van der Waals surface area contributed by atoms with Crippen molar-refractivity contribution in [1.82, 2.24) is 0 Å². The van der Waals surface area contributed by atoms with Crippen LogP contribution in [-0.2, 0) is 9.53 Å². The van der Waals surface area contributed by atoms with E-state index in [1.54, 1.807) is 0 Å². The third kappa shape index (κ3) is 2.99. The number of hydrogen-bond donors (Lipinski definition) is 0. The zero-order valence-corrected chi connectivity index (χ0v) is 7.06. The number of hydrogen-bond acceptors (Lipinski definition) is 2. The lowest BCUT2D eigenvalue weighted by Crippen LogP contribution is -2.25. The summed E-state index contributed by atoms with van der Waals surface area (Å²) in [5, 5.41) is 0. The van der Waals surface area contributed by atoms with Crippen molar-refractivity contribution in [3.8, 4) is 0 Å². The number of carbonyl (C=O) groups is 1. The van der Waals surface area contributed by atoms with Gasteiger partial charge in [0.15, 0.2) is 0 Å².